The van der Waals surface area contributed by atoms with Crippen LogP contribution < -0.4 is 14.4 Å². The monoisotopic (exact) mass is 571 g/mol. The largest absolute Gasteiger partial charge is 0.511 e. The Labute approximate surface area is 222 Å². The maximum Gasteiger partial charge on any atom is 0.511 e. The predicted molar refractivity (Wildman–Crippen MR) is 129 cm³/mol. The van der Waals surface area contributed by atoms with Gasteiger partial charge < -0.3 is 24.6 Å². The summed E-state index contributed by atoms with van der Waals surface area (Å²) in [6, 6.07) is 8.41. The first-order chi connectivity index (χ1) is 18.1. The van der Waals surface area contributed by atoms with Crippen LogP contribution in [0.1, 0.15) is 24.0 Å². The fraction of sp³-hybridized carbons (Fsp3) is 0.231. The molecule has 2 N–H and O–H groups in total. The van der Waals surface area contributed by atoms with Gasteiger partial charge in [0.1, 0.15) is 11.6 Å². The highest BCUT2D eigenvalue weighted by Crippen LogP contribution is 2.52. The van der Waals surface area contributed by atoms with Crippen LogP contribution in [0.5, 0.6) is 11.5 Å². The van der Waals surface area contributed by atoms with Crippen LogP contribution in [0.3, 0.4) is 0 Å². The van der Waals surface area contributed by atoms with E-state index in [1.807, 2.05) is 0 Å². The average Bonchev–Trinajstić information content (AvgIpc) is 2.85. The van der Waals surface area contributed by atoms with Gasteiger partial charge in [-0.3, -0.25) is 4.79 Å². The van der Waals surface area contributed by atoms with E-state index in [2.05, 4.69) is 4.74 Å². The van der Waals surface area contributed by atoms with Gasteiger partial charge >= 0.3 is 12.3 Å². The molecule has 0 saturated carbocycles. The van der Waals surface area contributed by atoms with Crippen LogP contribution in [0.4, 0.5) is 32.4 Å². The zero-order valence-electron chi connectivity index (χ0n) is 20.1. The van der Waals surface area contributed by atoms with Crippen molar-refractivity contribution in [1.82, 2.24) is 0 Å². The molecule has 2 unspecified atom stereocenters. The first kappa shape index (κ1) is 28.1. The van der Waals surface area contributed by atoms with Crippen molar-refractivity contribution in [1.29, 1.82) is 0 Å². The quantitative estimate of drug-likeness (QED) is 0.213. The summed E-state index contributed by atoms with van der Waals surface area (Å²) in [7, 11) is 1.28. The number of ether oxygens (including phenoxy) is 2. The van der Waals surface area contributed by atoms with Crippen LogP contribution >= 0.6 is 11.6 Å². The van der Waals surface area contributed by atoms with Crippen LogP contribution in [-0.2, 0) is 10.4 Å². The minimum Gasteiger partial charge on any atom is -0.481 e. The number of amides is 1. The lowest BCUT2D eigenvalue weighted by Crippen LogP contribution is -2.47. The van der Waals surface area contributed by atoms with Gasteiger partial charge in [-0.25, -0.2) is 13.6 Å². The molecular formula is C26H19ClF5NO6. The second kappa shape index (κ2) is 10.0. The second-order valence-electron chi connectivity index (χ2n) is 8.78. The number of anilines is 1. The lowest BCUT2D eigenvalue weighted by molar-refractivity contribution is -0.275. The van der Waals surface area contributed by atoms with E-state index in [1.54, 1.807) is 0 Å². The minimum atomic E-state index is -5.40. The number of alkyl halides is 3. The first-order valence-electron chi connectivity index (χ1n) is 11.2. The Kier molecular flexibility index (Phi) is 7.21. The van der Waals surface area contributed by atoms with Gasteiger partial charge in [-0.05, 0) is 41.0 Å². The number of nitrogens with zero attached hydrogens (tertiary/aromatic N) is 1. The fourth-order valence-corrected chi connectivity index (χ4v) is 4.70. The topological polar surface area (TPSA) is 96.3 Å². The molecule has 7 nitrogen and oxygen atoms in total. The molecule has 4 rings (SSSR count). The summed E-state index contributed by atoms with van der Waals surface area (Å²) < 4.78 is 82.2. The SMILES string of the molecule is CC(c1ccc(-c2ccc(OC(=O)O)c(F)c2)cc1Cl)C(O)(c1cc2c(cc1F)OCC(=O)N2C)C(F)(F)F. The van der Waals surface area contributed by atoms with Gasteiger partial charge in [-0.2, -0.15) is 13.2 Å². The molecule has 0 radical (unpaired) electrons. The highest BCUT2D eigenvalue weighted by Gasteiger charge is 2.60. The number of hydrogen-bond donors (Lipinski definition) is 2. The molecule has 0 fully saturated rings. The summed E-state index contributed by atoms with van der Waals surface area (Å²) >= 11 is 6.31. The maximum atomic E-state index is 15.1. The molecular weight excluding hydrogens is 553 g/mol. The molecule has 206 valence electrons. The number of carboxylic acid groups (broad SMARTS) is 1. The summed E-state index contributed by atoms with van der Waals surface area (Å²) in [5.74, 6) is -5.57. The number of rotatable bonds is 5. The standard InChI is InChI=1S/C26H19ClF5NO6/c1-12(15-5-3-13(7-17(15)27)14-4-6-21(19(29)8-14)39-24(35)36)25(37,26(30,31)32)16-9-20-22(10-18(16)28)38-11-23(34)33(20)2/h3-10,12,37H,11H2,1-2H3,(H,35,36). The number of halogens is 6. The Morgan fingerprint density at radius 2 is 1.72 bits per heavy atom. The zero-order valence-corrected chi connectivity index (χ0v) is 20.9. The molecule has 39 heavy (non-hydrogen) atoms. The number of carbonyl (C=O) groups excluding carboxylic acids is 1. The van der Waals surface area contributed by atoms with Gasteiger partial charge in [0.25, 0.3) is 5.91 Å². The van der Waals surface area contributed by atoms with Crippen LogP contribution in [0.15, 0.2) is 48.5 Å². The number of carbonyl (C=O) groups is 2. The summed E-state index contributed by atoms with van der Waals surface area (Å²) in [6.45, 7) is 0.583. The van der Waals surface area contributed by atoms with Gasteiger partial charge in [0.15, 0.2) is 23.8 Å². The lowest BCUT2D eigenvalue weighted by Gasteiger charge is -2.38. The molecule has 2 atom stereocenters. The van der Waals surface area contributed by atoms with E-state index in [9.17, 15) is 32.3 Å². The van der Waals surface area contributed by atoms with Crippen molar-refractivity contribution >= 4 is 29.4 Å². The molecule has 1 amide bonds. The highest BCUT2D eigenvalue weighted by molar-refractivity contribution is 6.31. The zero-order chi connectivity index (χ0) is 28.9. The molecule has 3 aromatic rings. The predicted octanol–water partition coefficient (Wildman–Crippen LogP) is 6.25. The third-order valence-corrected chi connectivity index (χ3v) is 6.86. The van der Waals surface area contributed by atoms with Crippen molar-refractivity contribution in [3.63, 3.8) is 0 Å². The normalized spacial score (nSPS) is 15.7. The third-order valence-electron chi connectivity index (χ3n) is 6.53. The van der Waals surface area contributed by atoms with Crippen molar-refractivity contribution in [3.05, 3.63) is 76.3 Å². The Morgan fingerprint density at radius 1 is 1.08 bits per heavy atom. The number of aliphatic hydroxyl groups is 1. The summed E-state index contributed by atoms with van der Waals surface area (Å²) in [5.41, 5.74) is -4.83. The van der Waals surface area contributed by atoms with E-state index in [0.29, 0.717) is 6.07 Å². The van der Waals surface area contributed by atoms with E-state index in [1.165, 1.54) is 31.3 Å². The first-order valence-corrected chi connectivity index (χ1v) is 11.6. The Bertz CT molecular complexity index is 1480. The fourth-order valence-electron chi connectivity index (χ4n) is 4.36. The molecule has 3 aromatic carbocycles. The molecule has 1 aliphatic heterocycles. The van der Waals surface area contributed by atoms with E-state index >= 15 is 4.39 Å². The highest BCUT2D eigenvalue weighted by atomic mass is 35.5. The minimum absolute atomic E-state index is 0.156. The summed E-state index contributed by atoms with van der Waals surface area (Å²) in [5, 5.41) is 19.5. The maximum absolute atomic E-state index is 15.1. The van der Waals surface area contributed by atoms with Crippen molar-refractivity contribution in [3.8, 4) is 22.6 Å². The van der Waals surface area contributed by atoms with Gasteiger partial charge in [0, 0.05) is 29.6 Å². The van der Waals surface area contributed by atoms with Gasteiger partial charge in [-0.15, -0.1) is 0 Å². The Hall–Kier alpha value is -3.90. The van der Waals surface area contributed by atoms with Crippen molar-refractivity contribution in [2.24, 2.45) is 0 Å². The molecule has 13 heteroatoms. The Balaban J connectivity index is 1.77. The van der Waals surface area contributed by atoms with Crippen molar-refractivity contribution < 1.29 is 51.2 Å². The number of likely N-dealkylation sites (N-methyl/N-ethyl adjacent to an activating group) is 1. The van der Waals surface area contributed by atoms with E-state index in [0.717, 1.165) is 30.0 Å². The third kappa shape index (κ3) is 4.97. The van der Waals surface area contributed by atoms with E-state index in [-0.39, 0.29) is 33.1 Å². The van der Waals surface area contributed by atoms with Crippen LogP contribution in [-0.4, -0.2) is 42.1 Å². The van der Waals surface area contributed by atoms with Crippen LogP contribution in [0, 0.1) is 11.6 Å². The summed E-state index contributed by atoms with van der Waals surface area (Å²) in [6.07, 6.45) is -7.12. The second-order valence-corrected chi connectivity index (χ2v) is 9.18. The van der Waals surface area contributed by atoms with Crippen molar-refractivity contribution in [2.75, 3.05) is 18.6 Å². The molecule has 0 spiro atoms. The van der Waals surface area contributed by atoms with Gasteiger partial charge in [0.05, 0.1) is 5.69 Å². The number of benzene rings is 3. The molecule has 0 aromatic heterocycles. The van der Waals surface area contributed by atoms with Crippen LogP contribution in [0.2, 0.25) is 5.02 Å². The smallest absolute Gasteiger partial charge is 0.481 e. The van der Waals surface area contributed by atoms with E-state index in [4.69, 9.17) is 21.4 Å². The van der Waals surface area contributed by atoms with E-state index < -0.39 is 59.3 Å². The lowest BCUT2D eigenvalue weighted by atomic mass is 9.77. The number of hydrogen-bond acceptors (Lipinski definition) is 5. The van der Waals surface area contributed by atoms with Gasteiger partial charge in [-0.1, -0.05) is 36.7 Å². The molecule has 0 aliphatic carbocycles. The average molecular weight is 572 g/mol. The van der Waals surface area contributed by atoms with Crippen molar-refractivity contribution in [2.45, 2.75) is 24.6 Å². The molecule has 0 saturated heterocycles. The molecule has 1 aliphatic rings. The Morgan fingerprint density at radius 3 is 2.31 bits per heavy atom. The van der Waals surface area contributed by atoms with Crippen LogP contribution in [0.25, 0.3) is 11.1 Å². The molecule has 1 heterocycles. The number of fused-ring (bicyclic) bond motifs is 1. The molecule has 0 bridgehead atoms. The summed E-state index contributed by atoms with van der Waals surface area (Å²) in [4.78, 5) is 23.6. The van der Waals surface area contributed by atoms with Gasteiger partial charge in [0.2, 0.25) is 0 Å².